The molecule has 0 bridgehead atoms. The number of hydrogen-bond donors (Lipinski definition) is 1. The fourth-order valence-electron chi connectivity index (χ4n) is 8.11. The molecule has 0 spiro atoms. The summed E-state index contributed by atoms with van der Waals surface area (Å²) in [5.41, 5.74) is 11.4. The number of thiazole rings is 1. The number of fused-ring (bicyclic) bond motifs is 7. The van der Waals surface area contributed by atoms with E-state index >= 15 is 0 Å². The van der Waals surface area contributed by atoms with E-state index in [1.807, 2.05) is 0 Å². The number of hydrogen-bond acceptors (Lipinski definition) is 4. The SMILES string of the molecule is c1ccc(-c2ccc3c(c2)c2ccc4nc(-c5ccccc5)sc4c2n3C2N=c3ccccc3=C(c3ccc(-c4cccc5ccccc45)cc3)N2)cc1. The molecule has 0 radical (unpaired) electrons. The largest absolute Gasteiger partial charge is 0.345 e. The van der Waals surface area contributed by atoms with Gasteiger partial charge in [0.25, 0.3) is 0 Å². The summed E-state index contributed by atoms with van der Waals surface area (Å²) < 4.78 is 3.55. The molecule has 0 aliphatic carbocycles. The molecule has 1 atom stereocenters. The molecule has 1 N–H and O–H groups in total. The first kappa shape index (κ1) is 30.8. The predicted octanol–water partition coefficient (Wildman–Crippen LogP) is 11.1. The van der Waals surface area contributed by atoms with Gasteiger partial charge in [0, 0.05) is 21.6 Å². The first-order valence-electron chi connectivity index (χ1n) is 18.3. The van der Waals surface area contributed by atoms with Crippen molar-refractivity contribution in [2.75, 3.05) is 0 Å². The molecule has 1 aliphatic rings. The van der Waals surface area contributed by atoms with Crippen molar-refractivity contribution in [2.45, 2.75) is 6.29 Å². The summed E-state index contributed by atoms with van der Waals surface area (Å²) in [6, 6.07) is 64.9. The Labute approximate surface area is 315 Å². The summed E-state index contributed by atoms with van der Waals surface area (Å²) in [6.07, 6.45) is -0.400. The van der Waals surface area contributed by atoms with Crippen LogP contribution in [0.1, 0.15) is 11.9 Å². The van der Waals surface area contributed by atoms with Gasteiger partial charge in [0.05, 0.1) is 32.3 Å². The van der Waals surface area contributed by atoms with E-state index in [0.717, 1.165) is 53.7 Å². The van der Waals surface area contributed by atoms with Crippen LogP contribution in [-0.4, -0.2) is 9.55 Å². The standard InChI is InChI=1S/C49H32N4S/c1-3-12-31(13-4-1)36-26-29-44-41(30-36)39-27-28-43-47(54-48(50-43)35-15-5-2-6-16-35)46(39)53(44)49-51-42-21-10-9-19-40(42)45(52-49)34-24-22-33(23-25-34)38-20-11-17-32-14-7-8-18-37(32)38/h1-30,49,52H. The number of rotatable bonds is 5. The van der Waals surface area contributed by atoms with Gasteiger partial charge in [-0.05, 0) is 68.9 Å². The van der Waals surface area contributed by atoms with Crippen molar-refractivity contribution < 1.29 is 0 Å². The van der Waals surface area contributed by atoms with Crippen molar-refractivity contribution in [3.63, 3.8) is 0 Å². The van der Waals surface area contributed by atoms with Gasteiger partial charge in [0.15, 0.2) is 0 Å². The van der Waals surface area contributed by atoms with Crippen LogP contribution in [-0.2, 0) is 0 Å². The quantitative estimate of drug-likeness (QED) is 0.193. The van der Waals surface area contributed by atoms with Crippen LogP contribution in [0.3, 0.4) is 0 Å². The molecule has 5 heteroatoms. The molecule has 10 aromatic rings. The molecule has 11 rings (SSSR count). The minimum absolute atomic E-state index is 0.400. The molecule has 54 heavy (non-hydrogen) atoms. The van der Waals surface area contributed by atoms with Crippen LogP contribution in [0.2, 0.25) is 0 Å². The Balaban J connectivity index is 1.10. The maximum Gasteiger partial charge on any atom is 0.201 e. The van der Waals surface area contributed by atoms with Gasteiger partial charge in [-0.2, -0.15) is 0 Å². The van der Waals surface area contributed by atoms with Crippen LogP contribution in [0.5, 0.6) is 0 Å². The van der Waals surface area contributed by atoms with Gasteiger partial charge >= 0.3 is 0 Å². The molecule has 0 saturated carbocycles. The molecule has 0 saturated heterocycles. The summed E-state index contributed by atoms with van der Waals surface area (Å²) >= 11 is 1.75. The first-order chi connectivity index (χ1) is 26.8. The molecule has 3 heterocycles. The molecular weight excluding hydrogens is 677 g/mol. The second-order valence-electron chi connectivity index (χ2n) is 13.8. The molecule has 0 amide bonds. The molecule has 254 valence electrons. The van der Waals surface area contributed by atoms with Crippen molar-refractivity contribution in [1.29, 1.82) is 0 Å². The van der Waals surface area contributed by atoms with E-state index in [1.165, 1.54) is 43.8 Å². The maximum absolute atomic E-state index is 5.43. The summed E-state index contributed by atoms with van der Waals surface area (Å²) in [5.74, 6) is 0. The first-order valence-corrected chi connectivity index (χ1v) is 19.1. The number of para-hydroxylation sites is 1. The monoisotopic (exact) mass is 708 g/mol. The summed E-state index contributed by atoms with van der Waals surface area (Å²) in [6.45, 7) is 0. The van der Waals surface area contributed by atoms with Crippen LogP contribution < -0.4 is 15.9 Å². The minimum atomic E-state index is -0.400. The summed E-state index contributed by atoms with van der Waals surface area (Å²) in [4.78, 5) is 10.6. The average Bonchev–Trinajstić information content (AvgIpc) is 3.83. The molecule has 1 unspecified atom stereocenters. The fraction of sp³-hybridized carbons (Fsp3) is 0.0204. The highest BCUT2D eigenvalue weighted by molar-refractivity contribution is 7.22. The Bertz CT molecular complexity index is 3140. The van der Waals surface area contributed by atoms with E-state index in [0.29, 0.717) is 0 Å². The van der Waals surface area contributed by atoms with Gasteiger partial charge in [-0.25, -0.2) is 9.98 Å². The Hall–Kier alpha value is -6.82. The molecule has 4 nitrogen and oxygen atoms in total. The Morgan fingerprint density at radius 3 is 2.07 bits per heavy atom. The molecule has 0 fully saturated rings. The summed E-state index contributed by atoms with van der Waals surface area (Å²) in [7, 11) is 0. The predicted molar refractivity (Wildman–Crippen MR) is 225 cm³/mol. The number of benzene rings is 8. The van der Waals surface area contributed by atoms with E-state index in [-0.39, 0.29) is 0 Å². The zero-order valence-corrected chi connectivity index (χ0v) is 30.0. The average molecular weight is 709 g/mol. The van der Waals surface area contributed by atoms with Crippen molar-refractivity contribution in [3.8, 4) is 32.8 Å². The summed E-state index contributed by atoms with van der Waals surface area (Å²) in [5, 5.41) is 11.9. The van der Waals surface area contributed by atoms with Crippen LogP contribution in [0.4, 0.5) is 0 Å². The van der Waals surface area contributed by atoms with Crippen LogP contribution in [0, 0.1) is 0 Å². The number of nitrogens with zero attached hydrogens (tertiary/aromatic N) is 3. The van der Waals surface area contributed by atoms with Gasteiger partial charge in [-0.15, -0.1) is 11.3 Å². The lowest BCUT2D eigenvalue weighted by Crippen LogP contribution is -2.41. The van der Waals surface area contributed by atoms with E-state index in [9.17, 15) is 0 Å². The van der Waals surface area contributed by atoms with Gasteiger partial charge in [-0.3, -0.25) is 4.57 Å². The Morgan fingerprint density at radius 2 is 1.22 bits per heavy atom. The number of aromatic nitrogens is 2. The highest BCUT2D eigenvalue weighted by Crippen LogP contribution is 2.42. The third-order valence-corrected chi connectivity index (χ3v) is 11.8. The van der Waals surface area contributed by atoms with Crippen LogP contribution in [0.25, 0.3) is 81.3 Å². The number of nitrogens with one attached hydrogen (secondary N) is 1. The smallest absolute Gasteiger partial charge is 0.201 e. The molecular formula is C49H32N4S. The zero-order chi connectivity index (χ0) is 35.6. The van der Waals surface area contributed by atoms with Crippen molar-refractivity contribution >= 4 is 59.8 Å². The van der Waals surface area contributed by atoms with E-state index in [2.05, 4.69) is 192 Å². The lowest BCUT2D eigenvalue weighted by Gasteiger charge is -2.25. The molecule has 1 aliphatic heterocycles. The highest BCUT2D eigenvalue weighted by atomic mass is 32.1. The fourth-order valence-corrected chi connectivity index (χ4v) is 9.22. The van der Waals surface area contributed by atoms with Gasteiger partial charge in [0.1, 0.15) is 5.01 Å². The molecule has 8 aromatic carbocycles. The third kappa shape index (κ3) is 4.97. The van der Waals surface area contributed by atoms with Gasteiger partial charge in [-0.1, -0.05) is 152 Å². The Kier molecular flexibility index (Phi) is 7.07. The van der Waals surface area contributed by atoms with Crippen molar-refractivity contribution in [2.24, 2.45) is 4.99 Å². The topological polar surface area (TPSA) is 42.2 Å². The minimum Gasteiger partial charge on any atom is -0.345 e. The normalized spacial score (nSPS) is 14.0. The highest BCUT2D eigenvalue weighted by Gasteiger charge is 2.25. The van der Waals surface area contributed by atoms with Gasteiger partial charge in [0.2, 0.25) is 6.29 Å². The second kappa shape index (κ2) is 12.4. The van der Waals surface area contributed by atoms with E-state index in [4.69, 9.17) is 9.98 Å². The van der Waals surface area contributed by atoms with E-state index < -0.39 is 6.29 Å². The maximum atomic E-state index is 5.43. The zero-order valence-electron chi connectivity index (χ0n) is 29.1. The lowest BCUT2D eigenvalue weighted by molar-refractivity contribution is 0.490. The molecule has 2 aromatic heterocycles. The van der Waals surface area contributed by atoms with Crippen molar-refractivity contribution in [1.82, 2.24) is 14.9 Å². The lowest BCUT2D eigenvalue weighted by atomic mass is 9.97. The van der Waals surface area contributed by atoms with Crippen molar-refractivity contribution in [3.05, 3.63) is 198 Å². The van der Waals surface area contributed by atoms with Crippen LogP contribution in [0.15, 0.2) is 187 Å². The van der Waals surface area contributed by atoms with Crippen LogP contribution >= 0.6 is 11.3 Å². The van der Waals surface area contributed by atoms with Gasteiger partial charge < -0.3 is 5.32 Å². The van der Waals surface area contributed by atoms with E-state index in [1.54, 1.807) is 11.3 Å². The third-order valence-electron chi connectivity index (χ3n) is 10.7. The second-order valence-corrected chi connectivity index (χ2v) is 14.8. The Morgan fingerprint density at radius 1 is 0.519 bits per heavy atom.